The molecule has 0 unspecified atom stereocenters. The maximum Gasteiger partial charge on any atom is 0.230 e. The molecule has 0 saturated carbocycles. The van der Waals surface area contributed by atoms with E-state index in [9.17, 15) is 4.79 Å². The van der Waals surface area contributed by atoms with E-state index in [-0.39, 0.29) is 11.3 Å². The second-order valence-corrected chi connectivity index (χ2v) is 6.10. The molecular weight excluding hydrogens is 252 g/mol. The molecule has 3 N–H and O–H groups in total. The van der Waals surface area contributed by atoms with Crippen molar-refractivity contribution in [3.8, 4) is 5.75 Å². The molecule has 1 amide bonds. The van der Waals surface area contributed by atoms with Gasteiger partial charge in [-0.05, 0) is 36.6 Å². The molecule has 4 heteroatoms. The average molecular weight is 278 g/mol. The summed E-state index contributed by atoms with van der Waals surface area (Å²) in [6.45, 7) is 9.17. The number of benzene rings is 1. The Hall–Kier alpha value is -1.55. The van der Waals surface area contributed by atoms with Gasteiger partial charge < -0.3 is 15.8 Å². The van der Waals surface area contributed by atoms with Crippen LogP contribution in [0.5, 0.6) is 5.75 Å². The summed E-state index contributed by atoms with van der Waals surface area (Å²) in [6.07, 6.45) is 0.858. The first-order valence-corrected chi connectivity index (χ1v) is 7.09. The van der Waals surface area contributed by atoms with Crippen molar-refractivity contribution in [1.29, 1.82) is 0 Å². The molecule has 0 aliphatic carbocycles. The monoisotopic (exact) mass is 278 g/mol. The Morgan fingerprint density at radius 3 is 2.40 bits per heavy atom. The third-order valence-electron chi connectivity index (χ3n) is 3.03. The Balaban J connectivity index is 2.62. The highest BCUT2D eigenvalue weighted by molar-refractivity contribution is 5.94. The zero-order chi connectivity index (χ0) is 15.2. The molecule has 0 heterocycles. The van der Waals surface area contributed by atoms with Gasteiger partial charge in [0.2, 0.25) is 5.91 Å². The number of nitrogens with one attached hydrogen (secondary N) is 1. The van der Waals surface area contributed by atoms with Crippen LogP contribution in [0.4, 0.5) is 5.69 Å². The standard InChI is InChI=1S/C16H26N2O2/c1-12(2)11-16(3,4)15(19)18-13-5-7-14(8-6-13)20-10-9-17/h5-8,12H,9-11,17H2,1-4H3,(H,18,19). The first kappa shape index (κ1) is 16.5. The number of amides is 1. The third-order valence-corrected chi connectivity index (χ3v) is 3.03. The summed E-state index contributed by atoms with van der Waals surface area (Å²) in [5.41, 5.74) is 5.79. The van der Waals surface area contributed by atoms with E-state index in [1.807, 2.05) is 38.1 Å². The van der Waals surface area contributed by atoms with E-state index in [0.717, 1.165) is 17.9 Å². The fraction of sp³-hybridized carbons (Fsp3) is 0.562. The molecule has 1 aromatic carbocycles. The molecule has 112 valence electrons. The van der Waals surface area contributed by atoms with E-state index < -0.39 is 0 Å². The van der Waals surface area contributed by atoms with E-state index >= 15 is 0 Å². The Labute approximate surface area is 121 Å². The van der Waals surface area contributed by atoms with Gasteiger partial charge in [-0.1, -0.05) is 27.7 Å². The molecule has 4 nitrogen and oxygen atoms in total. The van der Waals surface area contributed by atoms with Gasteiger partial charge in [-0.15, -0.1) is 0 Å². The normalized spacial score (nSPS) is 11.5. The predicted octanol–water partition coefficient (Wildman–Crippen LogP) is 3.03. The Morgan fingerprint density at radius 2 is 1.90 bits per heavy atom. The molecule has 0 aliphatic heterocycles. The number of carbonyl (C=O) groups excluding carboxylic acids is 1. The summed E-state index contributed by atoms with van der Waals surface area (Å²) in [7, 11) is 0. The summed E-state index contributed by atoms with van der Waals surface area (Å²) in [4.78, 5) is 12.3. The fourth-order valence-corrected chi connectivity index (χ4v) is 2.22. The second-order valence-electron chi connectivity index (χ2n) is 6.10. The zero-order valence-electron chi connectivity index (χ0n) is 12.9. The van der Waals surface area contributed by atoms with Gasteiger partial charge in [-0.25, -0.2) is 0 Å². The minimum atomic E-state index is -0.372. The first-order chi connectivity index (χ1) is 9.35. The topological polar surface area (TPSA) is 64.3 Å². The van der Waals surface area contributed by atoms with Crippen LogP contribution in [-0.4, -0.2) is 19.1 Å². The molecule has 1 rings (SSSR count). The molecular formula is C16H26N2O2. The molecule has 20 heavy (non-hydrogen) atoms. The molecule has 1 aromatic rings. The lowest BCUT2D eigenvalue weighted by atomic mass is 9.83. The minimum absolute atomic E-state index is 0.0434. The van der Waals surface area contributed by atoms with Crippen LogP contribution in [0.25, 0.3) is 0 Å². The van der Waals surface area contributed by atoms with Crippen LogP contribution in [0.1, 0.15) is 34.1 Å². The van der Waals surface area contributed by atoms with Gasteiger partial charge >= 0.3 is 0 Å². The second kappa shape index (κ2) is 7.29. The number of rotatable bonds is 7. The van der Waals surface area contributed by atoms with Gasteiger partial charge in [-0.2, -0.15) is 0 Å². The molecule has 0 atom stereocenters. The molecule has 0 bridgehead atoms. The Morgan fingerprint density at radius 1 is 1.30 bits per heavy atom. The van der Waals surface area contributed by atoms with E-state index in [2.05, 4.69) is 19.2 Å². The number of ether oxygens (including phenoxy) is 1. The predicted molar refractivity (Wildman–Crippen MR) is 82.9 cm³/mol. The summed E-state index contributed by atoms with van der Waals surface area (Å²) < 4.78 is 5.40. The minimum Gasteiger partial charge on any atom is -0.492 e. The van der Waals surface area contributed by atoms with Crippen molar-refractivity contribution >= 4 is 11.6 Å². The SMILES string of the molecule is CC(C)CC(C)(C)C(=O)Nc1ccc(OCCN)cc1. The molecule has 0 fully saturated rings. The van der Waals surface area contributed by atoms with Crippen molar-refractivity contribution in [3.05, 3.63) is 24.3 Å². The molecule has 0 aromatic heterocycles. The smallest absolute Gasteiger partial charge is 0.230 e. The average Bonchev–Trinajstić information content (AvgIpc) is 2.36. The largest absolute Gasteiger partial charge is 0.492 e. The highest BCUT2D eigenvalue weighted by Crippen LogP contribution is 2.27. The van der Waals surface area contributed by atoms with Gasteiger partial charge in [0.1, 0.15) is 12.4 Å². The van der Waals surface area contributed by atoms with Crippen LogP contribution >= 0.6 is 0 Å². The Bertz CT molecular complexity index is 425. The maximum atomic E-state index is 12.3. The van der Waals surface area contributed by atoms with Crippen molar-refractivity contribution in [1.82, 2.24) is 0 Å². The highest BCUT2D eigenvalue weighted by Gasteiger charge is 2.28. The number of hydrogen-bond donors (Lipinski definition) is 2. The van der Waals surface area contributed by atoms with Crippen LogP contribution < -0.4 is 15.8 Å². The number of anilines is 1. The lowest BCUT2D eigenvalue weighted by Crippen LogP contribution is -2.32. The van der Waals surface area contributed by atoms with Gasteiger partial charge in [0.15, 0.2) is 0 Å². The van der Waals surface area contributed by atoms with Gasteiger partial charge in [-0.3, -0.25) is 4.79 Å². The number of hydrogen-bond acceptors (Lipinski definition) is 3. The highest BCUT2D eigenvalue weighted by atomic mass is 16.5. The lowest BCUT2D eigenvalue weighted by molar-refractivity contribution is -0.124. The van der Waals surface area contributed by atoms with Crippen molar-refractivity contribution in [2.45, 2.75) is 34.1 Å². The lowest BCUT2D eigenvalue weighted by Gasteiger charge is -2.25. The van der Waals surface area contributed by atoms with Crippen molar-refractivity contribution in [3.63, 3.8) is 0 Å². The summed E-state index contributed by atoms with van der Waals surface area (Å²) in [5.74, 6) is 1.29. The quantitative estimate of drug-likeness (QED) is 0.805. The van der Waals surface area contributed by atoms with Gasteiger partial charge in [0.05, 0.1) is 0 Å². The Kier molecular flexibility index (Phi) is 6.02. The summed E-state index contributed by atoms with van der Waals surface area (Å²) in [5, 5.41) is 2.95. The summed E-state index contributed by atoms with van der Waals surface area (Å²) in [6, 6.07) is 7.35. The van der Waals surface area contributed by atoms with Crippen molar-refractivity contribution < 1.29 is 9.53 Å². The molecule has 0 aliphatic rings. The molecule has 0 radical (unpaired) electrons. The van der Waals surface area contributed by atoms with E-state index in [0.29, 0.717) is 19.1 Å². The molecule has 0 spiro atoms. The van der Waals surface area contributed by atoms with Gasteiger partial charge in [0.25, 0.3) is 0 Å². The van der Waals surface area contributed by atoms with Crippen LogP contribution in [-0.2, 0) is 4.79 Å². The zero-order valence-corrected chi connectivity index (χ0v) is 12.9. The maximum absolute atomic E-state index is 12.3. The number of nitrogens with two attached hydrogens (primary N) is 1. The van der Waals surface area contributed by atoms with Crippen LogP contribution in [0, 0.1) is 11.3 Å². The van der Waals surface area contributed by atoms with E-state index in [4.69, 9.17) is 10.5 Å². The number of carbonyl (C=O) groups is 1. The van der Waals surface area contributed by atoms with Crippen molar-refractivity contribution in [2.24, 2.45) is 17.1 Å². The fourth-order valence-electron chi connectivity index (χ4n) is 2.22. The van der Waals surface area contributed by atoms with Crippen LogP contribution in [0.2, 0.25) is 0 Å². The third kappa shape index (κ3) is 5.21. The van der Waals surface area contributed by atoms with Crippen LogP contribution in [0.15, 0.2) is 24.3 Å². The first-order valence-electron chi connectivity index (χ1n) is 7.09. The van der Waals surface area contributed by atoms with Crippen molar-refractivity contribution in [2.75, 3.05) is 18.5 Å². The van der Waals surface area contributed by atoms with E-state index in [1.165, 1.54) is 0 Å². The van der Waals surface area contributed by atoms with Gasteiger partial charge in [0, 0.05) is 17.6 Å². The van der Waals surface area contributed by atoms with Crippen LogP contribution in [0.3, 0.4) is 0 Å². The van der Waals surface area contributed by atoms with E-state index in [1.54, 1.807) is 0 Å². The summed E-state index contributed by atoms with van der Waals surface area (Å²) >= 11 is 0. The molecule has 0 saturated heterocycles.